The summed E-state index contributed by atoms with van der Waals surface area (Å²) in [7, 11) is 0. The summed E-state index contributed by atoms with van der Waals surface area (Å²) in [4.78, 5) is 2.54. The average molecular weight is 451 g/mol. The predicted octanol–water partition coefficient (Wildman–Crippen LogP) is 6.50. The van der Waals surface area contributed by atoms with Crippen molar-refractivity contribution in [3.05, 3.63) is 114 Å². The van der Waals surface area contributed by atoms with Crippen LogP contribution >= 0.6 is 0 Å². The Morgan fingerprint density at radius 1 is 0.912 bits per heavy atom. The zero-order valence-electron chi connectivity index (χ0n) is 19.9. The van der Waals surface area contributed by atoms with E-state index in [0.29, 0.717) is 17.6 Å². The Kier molecular flexibility index (Phi) is 6.94. The summed E-state index contributed by atoms with van der Waals surface area (Å²) in [6.45, 7) is 6.26. The van der Waals surface area contributed by atoms with Crippen molar-refractivity contribution in [3.8, 4) is 5.75 Å². The minimum absolute atomic E-state index is 0.281. The lowest BCUT2D eigenvalue weighted by Crippen LogP contribution is -2.43. The van der Waals surface area contributed by atoms with Gasteiger partial charge >= 0.3 is 0 Å². The lowest BCUT2D eigenvalue weighted by atomic mass is 9.80. The Hall–Kier alpha value is -3.14. The van der Waals surface area contributed by atoms with E-state index < -0.39 is 0 Å². The monoisotopic (exact) mass is 450 g/mol. The van der Waals surface area contributed by atoms with E-state index in [4.69, 9.17) is 0 Å². The molecule has 0 amide bonds. The van der Waals surface area contributed by atoms with Gasteiger partial charge in [0.2, 0.25) is 0 Å². The molecule has 4 aromatic rings. The molecule has 2 N–H and O–H groups in total. The van der Waals surface area contributed by atoms with E-state index in [1.807, 2.05) is 12.1 Å². The van der Waals surface area contributed by atoms with Crippen LogP contribution in [0.2, 0.25) is 0 Å². The summed E-state index contributed by atoms with van der Waals surface area (Å²) in [6, 6.07) is 34.2. The Morgan fingerprint density at radius 2 is 1.68 bits per heavy atom. The molecular formula is C31H34N2O. The third-order valence-corrected chi connectivity index (χ3v) is 7.34. The highest BCUT2D eigenvalue weighted by Crippen LogP contribution is 2.34. The molecule has 3 heteroatoms. The number of piperidine rings is 1. The zero-order chi connectivity index (χ0) is 23.3. The quantitative estimate of drug-likeness (QED) is 0.337. The van der Waals surface area contributed by atoms with Gasteiger partial charge in [-0.2, -0.15) is 0 Å². The molecule has 0 spiro atoms. The van der Waals surface area contributed by atoms with Gasteiger partial charge in [0.05, 0.1) is 0 Å². The summed E-state index contributed by atoms with van der Waals surface area (Å²) in [5, 5.41) is 16.4. The van der Waals surface area contributed by atoms with Crippen LogP contribution in [-0.4, -0.2) is 29.6 Å². The number of rotatable bonds is 7. The first-order valence-electron chi connectivity index (χ1n) is 12.4. The summed E-state index contributed by atoms with van der Waals surface area (Å²) in [5.41, 5.74) is 3.99. The second kappa shape index (κ2) is 10.4. The van der Waals surface area contributed by atoms with Crippen LogP contribution in [0.5, 0.6) is 5.75 Å². The maximum absolute atomic E-state index is 9.89. The van der Waals surface area contributed by atoms with Crippen LogP contribution in [0.25, 0.3) is 10.8 Å². The summed E-state index contributed by atoms with van der Waals surface area (Å²) in [5.74, 6) is 1.42. The van der Waals surface area contributed by atoms with E-state index in [0.717, 1.165) is 32.6 Å². The molecule has 1 saturated heterocycles. The lowest BCUT2D eigenvalue weighted by molar-refractivity contribution is 0.142. The Labute approximate surface area is 203 Å². The minimum atomic E-state index is 0.281. The maximum Gasteiger partial charge on any atom is 0.115 e. The van der Waals surface area contributed by atoms with Crippen molar-refractivity contribution in [2.75, 3.05) is 19.6 Å². The van der Waals surface area contributed by atoms with Crippen molar-refractivity contribution in [1.29, 1.82) is 0 Å². The summed E-state index contributed by atoms with van der Waals surface area (Å²) < 4.78 is 0. The summed E-state index contributed by atoms with van der Waals surface area (Å²) >= 11 is 0. The highest BCUT2D eigenvalue weighted by Gasteiger charge is 2.30. The number of hydrogen-bond donors (Lipinski definition) is 2. The van der Waals surface area contributed by atoms with Gasteiger partial charge in [-0.05, 0) is 71.3 Å². The Balaban J connectivity index is 1.32. The fourth-order valence-electron chi connectivity index (χ4n) is 5.58. The van der Waals surface area contributed by atoms with E-state index in [2.05, 4.69) is 96.0 Å². The van der Waals surface area contributed by atoms with Gasteiger partial charge < -0.3 is 10.4 Å². The molecule has 3 atom stereocenters. The molecule has 174 valence electrons. The van der Waals surface area contributed by atoms with E-state index in [9.17, 15) is 5.11 Å². The third kappa shape index (κ3) is 5.16. The predicted molar refractivity (Wildman–Crippen MR) is 141 cm³/mol. The number of hydrogen-bond acceptors (Lipinski definition) is 3. The topological polar surface area (TPSA) is 35.5 Å². The van der Waals surface area contributed by atoms with E-state index >= 15 is 0 Å². The highest BCUT2D eigenvalue weighted by atomic mass is 16.3. The van der Waals surface area contributed by atoms with Crippen LogP contribution in [0, 0.1) is 5.92 Å². The number of phenolic OH excluding ortho intramolecular Hbond substituents is 1. The van der Waals surface area contributed by atoms with Crippen molar-refractivity contribution in [2.45, 2.75) is 31.8 Å². The van der Waals surface area contributed by atoms with Crippen molar-refractivity contribution >= 4 is 10.8 Å². The molecule has 5 rings (SSSR count). The van der Waals surface area contributed by atoms with Crippen molar-refractivity contribution in [2.24, 2.45) is 5.92 Å². The molecule has 3 nitrogen and oxygen atoms in total. The zero-order valence-corrected chi connectivity index (χ0v) is 19.9. The molecule has 0 saturated carbocycles. The minimum Gasteiger partial charge on any atom is -0.508 e. The van der Waals surface area contributed by atoms with Gasteiger partial charge in [0.25, 0.3) is 0 Å². The van der Waals surface area contributed by atoms with Crippen LogP contribution in [0.4, 0.5) is 0 Å². The van der Waals surface area contributed by atoms with Gasteiger partial charge in [0, 0.05) is 25.7 Å². The lowest BCUT2D eigenvalue weighted by Gasteiger charge is -2.39. The standard InChI is InChI=1S/C31H34N2O/c1-23(29-16-8-13-26-12-5-6-15-31(26)29)32-20-27-22-33(21-24-9-7-14-28(34)19-24)18-17-30(27)25-10-3-2-4-11-25/h2-16,19,23,27,30,32,34H,17-18,20-22H2,1H3/t23-,27?,30?/m1/s1. The van der Waals surface area contributed by atoms with Crippen LogP contribution in [0.1, 0.15) is 42.0 Å². The maximum atomic E-state index is 9.89. The number of likely N-dealkylation sites (tertiary alicyclic amines) is 1. The summed E-state index contributed by atoms with van der Waals surface area (Å²) in [6.07, 6.45) is 1.15. The van der Waals surface area contributed by atoms with Gasteiger partial charge in [-0.1, -0.05) is 84.9 Å². The van der Waals surface area contributed by atoms with Crippen LogP contribution in [0.3, 0.4) is 0 Å². The first-order chi connectivity index (χ1) is 16.7. The van der Waals surface area contributed by atoms with Gasteiger partial charge in [0.15, 0.2) is 0 Å². The van der Waals surface area contributed by atoms with Crippen LogP contribution < -0.4 is 5.32 Å². The molecule has 4 aromatic carbocycles. The van der Waals surface area contributed by atoms with Crippen molar-refractivity contribution in [1.82, 2.24) is 10.2 Å². The molecule has 1 fully saturated rings. The fourth-order valence-corrected chi connectivity index (χ4v) is 5.58. The molecule has 0 radical (unpaired) electrons. The van der Waals surface area contributed by atoms with E-state index in [1.54, 1.807) is 6.07 Å². The van der Waals surface area contributed by atoms with Gasteiger partial charge in [-0.3, -0.25) is 4.90 Å². The molecule has 1 aliphatic rings. The number of nitrogens with zero attached hydrogens (tertiary/aromatic N) is 1. The third-order valence-electron chi connectivity index (χ3n) is 7.34. The van der Waals surface area contributed by atoms with Crippen LogP contribution in [-0.2, 0) is 6.54 Å². The molecule has 0 bridgehead atoms. The van der Waals surface area contributed by atoms with Crippen LogP contribution in [0.15, 0.2) is 97.1 Å². The van der Waals surface area contributed by atoms with E-state index in [1.165, 1.54) is 27.5 Å². The highest BCUT2D eigenvalue weighted by molar-refractivity contribution is 5.86. The Bertz CT molecular complexity index is 1220. The molecule has 1 aliphatic heterocycles. The van der Waals surface area contributed by atoms with Crippen molar-refractivity contribution < 1.29 is 5.11 Å². The number of benzene rings is 4. The van der Waals surface area contributed by atoms with Gasteiger partial charge in [-0.25, -0.2) is 0 Å². The number of phenols is 1. The second-order valence-corrected chi connectivity index (χ2v) is 9.67. The number of aromatic hydroxyl groups is 1. The van der Waals surface area contributed by atoms with E-state index in [-0.39, 0.29) is 6.04 Å². The smallest absolute Gasteiger partial charge is 0.115 e. The normalized spacial score (nSPS) is 19.8. The molecule has 0 aliphatic carbocycles. The fraction of sp³-hybridized carbons (Fsp3) is 0.290. The molecule has 1 heterocycles. The molecule has 0 aromatic heterocycles. The number of fused-ring (bicyclic) bond motifs is 1. The first kappa shape index (κ1) is 22.6. The Morgan fingerprint density at radius 3 is 2.53 bits per heavy atom. The largest absolute Gasteiger partial charge is 0.508 e. The number of nitrogens with one attached hydrogen (secondary N) is 1. The molecular weight excluding hydrogens is 416 g/mol. The van der Waals surface area contributed by atoms with Gasteiger partial charge in [-0.15, -0.1) is 0 Å². The van der Waals surface area contributed by atoms with Gasteiger partial charge in [0.1, 0.15) is 5.75 Å². The first-order valence-corrected chi connectivity index (χ1v) is 12.4. The van der Waals surface area contributed by atoms with Crippen molar-refractivity contribution in [3.63, 3.8) is 0 Å². The SMILES string of the molecule is C[C@@H](NCC1CN(Cc2cccc(O)c2)CCC1c1ccccc1)c1cccc2ccccc12. The molecule has 34 heavy (non-hydrogen) atoms. The molecule has 2 unspecified atom stereocenters. The average Bonchev–Trinajstić information content (AvgIpc) is 2.87. The second-order valence-electron chi connectivity index (χ2n) is 9.67.